The molecule has 0 spiro atoms. The fourth-order valence-corrected chi connectivity index (χ4v) is 3.52. The number of fused-ring (bicyclic) bond motifs is 1. The summed E-state index contributed by atoms with van der Waals surface area (Å²) in [6.45, 7) is 3.41. The zero-order valence-electron chi connectivity index (χ0n) is 21.1. The number of aromatic nitrogens is 5. The van der Waals surface area contributed by atoms with Crippen molar-refractivity contribution in [2.75, 3.05) is 0 Å². The van der Waals surface area contributed by atoms with E-state index in [4.69, 9.17) is 9.90 Å². The van der Waals surface area contributed by atoms with Gasteiger partial charge in [0.05, 0.1) is 22.9 Å². The number of carbonyl (C=O) groups excluding carboxylic acids is 1. The minimum Gasteiger partial charge on any atom is -0.475 e. The zero-order valence-corrected chi connectivity index (χ0v) is 21.1. The first-order chi connectivity index (χ1) is 19.3. The Morgan fingerprint density at radius 2 is 1.50 bits per heavy atom. The molecule has 0 bridgehead atoms. The van der Waals surface area contributed by atoms with E-state index in [1.165, 1.54) is 4.52 Å². The minimum atomic E-state index is -5.08. The Morgan fingerprint density at radius 1 is 0.905 bits per heavy atom. The van der Waals surface area contributed by atoms with Crippen LogP contribution in [0.4, 0.5) is 39.5 Å². The number of rotatable bonds is 4. The molecule has 4 rings (SSSR count). The average molecular weight is 608 g/mol. The molecule has 42 heavy (non-hydrogen) atoms. The van der Waals surface area contributed by atoms with Gasteiger partial charge in [-0.2, -0.15) is 44.5 Å². The number of pyridine rings is 1. The molecule has 1 amide bonds. The van der Waals surface area contributed by atoms with Gasteiger partial charge in [-0.25, -0.2) is 14.3 Å². The van der Waals surface area contributed by atoms with Crippen molar-refractivity contribution in [1.29, 1.82) is 0 Å². The zero-order chi connectivity index (χ0) is 31.6. The summed E-state index contributed by atoms with van der Waals surface area (Å²) in [4.78, 5) is 33.9. The van der Waals surface area contributed by atoms with Crippen molar-refractivity contribution < 1.29 is 54.2 Å². The van der Waals surface area contributed by atoms with Gasteiger partial charge in [-0.3, -0.25) is 9.78 Å². The van der Waals surface area contributed by atoms with Crippen LogP contribution < -0.4 is 5.32 Å². The maximum absolute atomic E-state index is 13.7. The van der Waals surface area contributed by atoms with Gasteiger partial charge >= 0.3 is 24.5 Å². The fraction of sp³-hybridized carbons (Fsp3) is 0.250. The Hall–Kier alpha value is -4.77. The van der Waals surface area contributed by atoms with E-state index in [1.54, 1.807) is 19.9 Å². The van der Waals surface area contributed by atoms with Crippen molar-refractivity contribution in [3.05, 3.63) is 88.3 Å². The number of carbonyl (C=O) groups is 2. The molecule has 0 aliphatic heterocycles. The van der Waals surface area contributed by atoms with E-state index < -0.39 is 53.3 Å². The topological polar surface area (TPSA) is 122 Å². The Kier molecular flexibility index (Phi) is 8.78. The molecule has 0 radical (unpaired) electrons. The standard InChI is InChI=1S/C22H16F6N6O.C2HF3O2/c1-11-10-12(2)34-20(30-11)32-18(33-34)19(35)31-16(13-5-7-14(8-6-13)21(23,24)25)17-15(22(26,27)28)4-3-9-29-17;3-2(4,5)1(6)7/h3-10,16H,1-2H3,(H,31,35);(H,6,7)/t16-;/m0./s1. The fourth-order valence-electron chi connectivity index (χ4n) is 3.52. The van der Waals surface area contributed by atoms with Gasteiger partial charge in [0, 0.05) is 17.6 Å². The van der Waals surface area contributed by atoms with Crippen LogP contribution in [0.5, 0.6) is 0 Å². The number of aliphatic carboxylic acids is 1. The van der Waals surface area contributed by atoms with Crippen molar-refractivity contribution in [1.82, 2.24) is 29.9 Å². The van der Waals surface area contributed by atoms with Crippen LogP contribution in [0.1, 0.15) is 50.4 Å². The largest absolute Gasteiger partial charge is 0.490 e. The number of halogens is 9. The summed E-state index contributed by atoms with van der Waals surface area (Å²) in [6.07, 6.45) is -13.5. The molecule has 0 saturated heterocycles. The summed E-state index contributed by atoms with van der Waals surface area (Å²) in [5.74, 6) is -4.00. The number of aryl methyl sites for hydroxylation is 2. The first-order valence-corrected chi connectivity index (χ1v) is 11.3. The second-order valence-electron chi connectivity index (χ2n) is 8.45. The lowest BCUT2D eigenvalue weighted by Crippen LogP contribution is -2.32. The number of nitrogens with zero attached hydrogens (tertiary/aromatic N) is 5. The molecule has 4 aromatic rings. The summed E-state index contributed by atoms with van der Waals surface area (Å²) in [6, 6.07) is 5.36. The lowest BCUT2D eigenvalue weighted by molar-refractivity contribution is -0.192. The average Bonchev–Trinajstić information content (AvgIpc) is 3.31. The molecule has 224 valence electrons. The Labute approximate surface area is 229 Å². The van der Waals surface area contributed by atoms with Gasteiger partial charge in [0.2, 0.25) is 5.82 Å². The predicted octanol–water partition coefficient (Wildman–Crippen LogP) is 5.33. The monoisotopic (exact) mass is 608 g/mol. The molecular formula is C24H17F9N6O3. The Bertz CT molecular complexity index is 1600. The van der Waals surface area contributed by atoms with E-state index in [1.807, 2.05) is 0 Å². The second-order valence-corrected chi connectivity index (χ2v) is 8.45. The quantitative estimate of drug-likeness (QED) is 0.301. The molecule has 9 nitrogen and oxygen atoms in total. The minimum absolute atomic E-state index is 0.0514. The second kappa shape index (κ2) is 11.6. The summed E-state index contributed by atoms with van der Waals surface area (Å²) in [7, 11) is 0. The number of carboxylic acids is 1. The molecule has 18 heteroatoms. The van der Waals surface area contributed by atoms with Gasteiger partial charge in [0.1, 0.15) is 0 Å². The van der Waals surface area contributed by atoms with E-state index in [0.29, 0.717) is 23.5 Å². The van der Waals surface area contributed by atoms with E-state index in [-0.39, 0.29) is 17.2 Å². The van der Waals surface area contributed by atoms with Crippen molar-refractivity contribution in [2.24, 2.45) is 0 Å². The van der Waals surface area contributed by atoms with Crippen molar-refractivity contribution in [3.63, 3.8) is 0 Å². The molecule has 1 aromatic carbocycles. The predicted molar refractivity (Wildman–Crippen MR) is 124 cm³/mol. The SMILES string of the molecule is Cc1cc(C)n2nc(C(=O)N[C@@H](c3ccc(C(F)(F)F)cc3)c3ncccc3C(F)(F)F)nc2n1.O=C(O)C(F)(F)F. The number of nitrogens with one attached hydrogen (secondary N) is 1. The van der Waals surface area contributed by atoms with E-state index in [0.717, 1.165) is 30.5 Å². The van der Waals surface area contributed by atoms with Crippen LogP contribution in [-0.4, -0.2) is 47.7 Å². The summed E-state index contributed by atoms with van der Waals surface area (Å²) in [5, 5.41) is 13.6. The van der Waals surface area contributed by atoms with Crippen LogP contribution >= 0.6 is 0 Å². The first-order valence-electron chi connectivity index (χ1n) is 11.3. The smallest absolute Gasteiger partial charge is 0.475 e. The molecule has 0 aliphatic carbocycles. The number of hydrogen-bond acceptors (Lipinski definition) is 6. The molecule has 2 N–H and O–H groups in total. The van der Waals surface area contributed by atoms with Crippen LogP contribution in [0.25, 0.3) is 5.78 Å². The van der Waals surface area contributed by atoms with Gasteiger partial charge in [0.25, 0.3) is 11.7 Å². The van der Waals surface area contributed by atoms with Crippen LogP contribution in [0.15, 0.2) is 48.7 Å². The van der Waals surface area contributed by atoms with Crippen LogP contribution in [0, 0.1) is 13.8 Å². The highest BCUT2D eigenvalue weighted by atomic mass is 19.4. The van der Waals surface area contributed by atoms with Gasteiger partial charge in [-0.05, 0) is 49.7 Å². The highest BCUT2D eigenvalue weighted by Gasteiger charge is 2.39. The Morgan fingerprint density at radius 3 is 2.02 bits per heavy atom. The van der Waals surface area contributed by atoms with Gasteiger partial charge in [-0.15, -0.1) is 5.10 Å². The Balaban J connectivity index is 0.000000616. The van der Waals surface area contributed by atoms with Crippen molar-refractivity contribution >= 4 is 17.7 Å². The normalized spacial score (nSPS) is 12.8. The van der Waals surface area contributed by atoms with Gasteiger partial charge in [0.15, 0.2) is 0 Å². The number of benzene rings is 1. The maximum Gasteiger partial charge on any atom is 0.490 e. The van der Waals surface area contributed by atoms with E-state index in [9.17, 15) is 44.3 Å². The number of carboxylic acid groups (broad SMARTS) is 1. The molecule has 0 fully saturated rings. The van der Waals surface area contributed by atoms with Crippen molar-refractivity contribution in [2.45, 2.75) is 38.4 Å². The third-order valence-electron chi connectivity index (χ3n) is 5.33. The molecule has 0 saturated carbocycles. The summed E-state index contributed by atoms with van der Waals surface area (Å²) >= 11 is 0. The van der Waals surface area contributed by atoms with Crippen LogP contribution in [-0.2, 0) is 17.1 Å². The summed E-state index contributed by atoms with van der Waals surface area (Å²) < 4.78 is 113. The van der Waals surface area contributed by atoms with Crippen molar-refractivity contribution in [3.8, 4) is 0 Å². The third kappa shape index (κ3) is 7.49. The van der Waals surface area contributed by atoms with Crippen LogP contribution in [0.3, 0.4) is 0 Å². The molecule has 0 aliphatic rings. The summed E-state index contributed by atoms with van der Waals surface area (Å²) in [5.41, 5.74) is -1.57. The highest BCUT2D eigenvalue weighted by Crippen LogP contribution is 2.36. The highest BCUT2D eigenvalue weighted by molar-refractivity contribution is 5.91. The number of amides is 1. The van der Waals surface area contributed by atoms with E-state index >= 15 is 0 Å². The lowest BCUT2D eigenvalue weighted by atomic mass is 9.97. The molecule has 3 heterocycles. The molecule has 3 aromatic heterocycles. The number of hydrogen-bond donors (Lipinski definition) is 2. The molecule has 1 atom stereocenters. The van der Waals surface area contributed by atoms with E-state index in [2.05, 4.69) is 25.4 Å². The third-order valence-corrected chi connectivity index (χ3v) is 5.33. The van der Waals surface area contributed by atoms with Crippen LogP contribution in [0.2, 0.25) is 0 Å². The molecule has 0 unspecified atom stereocenters. The first kappa shape index (κ1) is 31.8. The van der Waals surface area contributed by atoms with Gasteiger partial charge in [-0.1, -0.05) is 12.1 Å². The van der Waals surface area contributed by atoms with Gasteiger partial charge < -0.3 is 10.4 Å². The maximum atomic E-state index is 13.7. The molecular weight excluding hydrogens is 591 g/mol. The number of alkyl halides is 9. The lowest BCUT2D eigenvalue weighted by Gasteiger charge is -2.22.